The summed E-state index contributed by atoms with van der Waals surface area (Å²) in [7, 11) is -2.16. The summed E-state index contributed by atoms with van der Waals surface area (Å²) in [5.41, 5.74) is 10.2. The van der Waals surface area contributed by atoms with Crippen LogP contribution in [0.1, 0.15) is 52.2 Å². The van der Waals surface area contributed by atoms with E-state index in [0.717, 1.165) is 33.7 Å². The number of amidine groups is 2. The molecule has 1 aliphatic heterocycles. The van der Waals surface area contributed by atoms with Crippen LogP contribution < -0.4 is 35.7 Å². The van der Waals surface area contributed by atoms with E-state index in [9.17, 15) is 8.42 Å². The molecule has 0 spiro atoms. The Morgan fingerprint density at radius 2 is 1.76 bits per heavy atom. The zero-order chi connectivity index (χ0) is 36.5. The molecular formula is C39H47N5O5S. The van der Waals surface area contributed by atoms with Crippen LogP contribution in [0, 0.1) is 10.8 Å². The minimum absolute atomic E-state index is 0.000702. The minimum Gasteiger partial charge on any atom is -0.497 e. The number of ether oxygens (including phenoxy) is 3. The van der Waals surface area contributed by atoms with Crippen molar-refractivity contribution in [3.05, 3.63) is 112 Å². The van der Waals surface area contributed by atoms with Crippen molar-refractivity contribution in [3.63, 3.8) is 0 Å². The number of hydrogen-bond donors (Lipinski definition) is 4. The van der Waals surface area contributed by atoms with E-state index in [0.29, 0.717) is 35.0 Å². The van der Waals surface area contributed by atoms with Gasteiger partial charge < -0.3 is 25.3 Å². The van der Waals surface area contributed by atoms with Crippen molar-refractivity contribution in [3.8, 4) is 28.4 Å². The lowest BCUT2D eigenvalue weighted by atomic mass is 9.88. The van der Waals surface area contributed by atoms with Crippen molar-refractivity contribution >= 4 is 33.5 Å². The van der Waals surface area contributed by atoms with Crippen molar-refractivity contribution in [2.24, 2.45) is 16.1 Å². The molecule has 4 rings (SSSR count). The van der Waals surface area contributed by atoms with E-state index in [-0.39, 0.29) is 35.1 Å². The smallest absolute Gasteiger partial charge is 0.240 e. The van der Waals surface area contributed by atoms with Crippen LogP contribution in [0.5, 0.6) is 17.2 Å². The van der Waals surface area contributed by atoms with Crippen LogP contribution in [0.2, 0.25) is 0 Å². The second-order valence-electron chi connectivity index (χ2n) is 12.8. The average molecular weight is 698 g/mol. The molecule has 10 nitrogen and oxygen atoms in total. The van der Waals surface area contributed by atoms with Gasteiger partial charge in [0.25, 0.3) is 0 Å². The first kappa shape index (κ1) is 37.8. The van der Waals surface area contributed by atoms with Gasteiger partial charge >= 0.3 is 0 Å². The predicted octanol–water partition coefficient (Wildman–Crippen LogP) is 5.67. The van der Waals surface area contributed by atoms with Crippen LogP contribution in [0.15, 0.2) is 95.5 Å². The maximum atomic E-state index is 12.8. The molecule has 0 aromatic heterocycles. The molecule has 11 heteroatoms. The number of methoxy groups -OCH3 is 1. The molecule has 0 aliphatic carbocycles. The molecule has 0 fully saturated rings. The van der Waals surface area contributed by atoms with E-state index in [1.54, 1.807) is 19.4 Å². The summed E-state index contributed by atoms with van der Waals surface area (Å²) >= 11 is 0. The number of hydrogen-bond acceptors (Lipinski definition) is 8. The lowest BCUT2D eigenvalue weighted by Gasteiger charge is -2.17. The molecule has 3 aromatic carbocycles. The SMILES string of the molecule is C=C/C(=C\C=C\NC(C)=c1c(-c2cccc(Oc3cccc(OC)c3)c2)c2c(c/c1=C/CC(C)(C)C)C(=N)N=C2N)S(=O)(=O)NCCOCC. The normalized spacial score (nSPS) is 14.4. The Labute approximate surface area is 295 Å². The predicted molar refractivity (Wildman–Crippen MR) is 203 cm³/mol. The van der Waals surface area contributed by atoms with Crippen LogP contribution in [0.25, 0.3) is 22.9 Å². The molecule has 0 amide bonds. The first-order valence-corrected chi connectivity index (χ1v) is 17.8. The van der Waals surface area contributed by atoms with Crippen molar-refractivity contribution in [1.29, 1.82) is 5.41 Å². The molecule has 1 heterocycles. The lowest BCUT2D eigenvalue weighted by molar-refractivity contribution is 0.153. The maximum Gasteiger partial charge on any atom is 0.240 e. The number of nitrogens with zero attached hydrogens (tertiary/aromatic N) is 1. The number of sulfonamides is 1. The second kappa shape index (κ2) is 16.6. The van der Waals surface area contributed by atoms with Crippen LogP contribution in [0.4, 0.5) is 0 Å². The first-order chi connectivity index (χ1) is 23.8. The van der Waals surface area contributed by atoms with E-state index in [1.807, 2.05) is 68.4 Å². The Hall–Kier alpha value is -4.97. The third kappa shape index (κ3) is 9.59. The molecule has 0 radical (unpaired) electrons. The first-order valence-electron chi connectivity index (χ1n) is 16.3. The van der Waals surface area contributed by atoms with Crippen LogP contribution in [-0.4, -0.2) is 47.0 Å². The molecular weight excluding hydrogens is 651 g/mol. The van der Waals surface area contributed by atoms with E-state index in [4.69, 9.17) is 25.4 Å². The number of aliphatic imine (C=N–C) groups is 1. The van der Waals surface area contributed by atoms with Crippen LogP contribution >= 0.6 is 0 Å². The number of benzene rings is 3. The van der Waals surface area contributed by atoms with Gasteiger partial charge in [0.05, 0.1) is 18.6 Å². The molecule has 0 saturated heterocycles. The summed E-state index contributed by atoms with van der Waals surface area (Å²) in [4.78, 5) is 4.37. The number of nitrogens with one attached hydrogen (secondary N) is 3. The Morgan fingerprint density at radius 3 is 2.44 bits per heavy atom. The van der Waals surface area contributed by atoms with Crippen molar-refractivity contribution in [2.75, 3.05) is 26.9 Å². The largest absolute Gasteiger partial charge is 0.497 e. The van der Waals surface area contributed by atoms with Gasteiger partial charge in [-0.2, -0.15) is 0 Å². The molecule has 0 saturated carbocycles. The van der Waals surface area contributed by atoms with Gasteiger partial charge in [-0.1, -0.05) is 51.6 Å². The maximum absolute atomic E-state index is 12.8. The molecule has 0 bridgehead atoms. The third-order valence-electron chi connectivity index (χ3n) is 7.72. The molecule has 5 N–H and O–H groups in total. The fourth-order valence-corrected chi connectivity index (χ4v) is 6.31. The van der Waals surface area contributed by atoms with Crippen molar-refractivity contribution < 1.29 is 22.6 Å². The number of fused-ring (bicyclic) bond motifs is 1. The average Bonchev–Trinajstić information content (AvgIpc) is 3.36. The highest BCUT2D eigenvalue weighted by atomic mass is 32.2. The highest BCUT2D eigenvalue weighted by Crippen LogP contribution is 2.32. The Kier molecular flexibility index (Phi) is 12.6. The Bertz CT molecular complexity index is 2080. The summed E-state index contributed by atoms with van der Waals surface area (Å²) in [6, 6.07) is 17.0. The van der Waals surface area contributed by atoms with E-state index in [2.05, 4.69) is 48.5 Å². The summed E-state index contributed by atoms with van der Waals surface area (Å²) in [5.74, 6) is 2.26. The quantitative estimate of drug-likeness (QED) is 0.118. The second-order valence-corrected chi connectivity index (χ2v) is 14.5. The van der Waals surface area contributed by atoms with Gasteiger partial charge in [-0.25, -0.2) is 18.1 Å². The van der Waals surface area contributed by atoms with Gasteiger partial charge in [0.1, 0.15) is 23.1 Å². The number of rotatable bonds is 15. The standard InChI is InChI=1S/C39H47N5O5S/c1-8-32(50(45,46)43-21-22-48-9-2)17-12-20-42-26(3)34-28(18-19-39(4,5)6)24-33-36(38(41)44-37(33)40)35(34)27-13-10-15-30(23-27)49-31-16-11-14-29(25-31)47-7/h8,10-18,20,23-25,42-43H,1,9,19,21-22H2,2-7H3,(H3,40,41,44)/b20-12+,28-18-,32-17+,34-26?. The monoisotopic (exact) mass is 697 g/mol. The molecule has 0 atom stereocenters. The topological polar surface area (TPSA) is 148 Å². The number of allylic oxidation sites excluding steroid dienone is 3. The fraction of sp³-hybridized carbons (Fsp3) is 0.282. The summed E-state index contributed by atoms with van der Waals surface area (Å²) in [6.07, 6.45) is 8.98. The van der Waals surface area contributed by atoms with Crippen molar-refractivity contribution in [2.45, 2.75) is 41.0 Å². The van der Waals surface area contributed by atoms with E-state index in [1.165, 1.54) is 12.2 Å². The Balaban J connectivity index is 1.87. The lowest BCUT2D eigenvalue weighted by Crippen LogP contribution is -2.35. The summed E-state index contributed by atoms with van der Waals surface area (Å²) in [6.45, 7) is 14.9. The minimum atomic E-state index is -3.77. The van der Waals surface area contributed by atoms with E-state index < -0.39 is 10.0 Å². The van der Waals surface area contributed by atoms with E-state index >= 15 is 0 Å². The zero-order valence-corrected chi connectivity index (χ0v) is 30.4. The molecule has 0 unspecified atom stereocenters. The zero-order valence-electron chi connectivity index (χ0n) is 29.6. The highest BCUT2D eigenvalue weighted by Gasteiger charge is 2.25. The third-order valence-corrected chi connectivity index (χ3v) is 9.23. The molecule has 50 heavy (non-hydrogen) atoms. The molecule has 3 aromatic rings. The highest BCUT2D eigenvalue weighted by molar-refractivity contribution is 7.93. The molecule has 264 valence electrons. The molecule has 1 aliphatic rings. The van der Waals surface area contributed by atoms with Gasteiger partial charge in [-0.05, 0) is 85.0 Å². The van der Waals surface area contributed by atoms with Crippen molar-refractivity contribution in [1.82, 2.24) is 10.0 Å². The summed E-state index contributed by atoms with van der Waals surface area (Å²) in [5, 5.41) is 13.8. The summed E-state index contributed by atoms with van der Waals surface area (Å²) < 4.78 is 45.0. The number of nitrogens with two attached hydrogens (primary N) is 1. The van der Waals surface area contributed by atoms with Gasteiger partial charge in [-0.3, -0.25) is 5.41 Å². The van der Waals surface area contributed by atoms with Gasteiger partial charge in [0, 0.05) is 53.0 Å². The van der Waals surface area contributed by atoms with Gasteiger partial charge in [-0.15, -0.1) is 0 Å². The van der Waals surface area contributed by atoms with Gasteiger partial charge in [0.2, 0.25) is 10.0 Å². The van der Waals surface area contributed by atoms with Crippen LogP contribution in [0.3, 0.4) is 0 Å². The Morgan fingerprint density at radius 1 is 1.06 bits per heavy atom. The van der Waals surface area contributed by atoms with Crippen LogP contribution in [-0.2, 0) is 14.8 Å². The fourth-order valence-electron chi connectivity index (χ4n) is 5.31. The van der Waals surface area contributed by atoms with Gasteiger partial charge in [0.15, 0.2) is 5.84 Å².